The summed E-state index contributed by atoms with van der Waals surface area (Å²) in [7, 11) is 0. The van der Waals surface area contributed by atoms with E-state index in [1.807, 2.05) is 30.3 Å². The summed E-state index contributed by atoms with van der Waals surface area (Å²) < 4.78 is 5.90. The fourth-order valence-corrected chi connectivity index (χ4v) is 2.64. The Morgan fingerprint density at radius 1 is 1.13 bits per heavy atom. The van der Waals surface area contributed by atoms with Crippen LogP contribution in [-0.2, 0) is 39.3 Å². The molecule has 23 heavy (non-hydrogen) atoms. The van der Waals surface area contributed by atoms with Crippen LogP contribution in [0, 0.1) is 18.6 Å². The maximum atomic E-state index is 5.90. The molecule has 2 aromatic rings. The number of benzene rings is 2. The molecule has 1 unspecified atom stereocenters. The first-order valence-electron chi connectivity index (χ1n) is 8.04. The molecule has 2 aromatic carbocycles. The van der Waals surface area contributed by atoms with E-state index in [0.29, 0.717) is 18.4 Å². The van der Waals surface area contributed by atoms with Gasteiger partial charge in [-0.05, 0) is 0 Å². The molecule has 0 aliphatic carbocycles. The van der Waals surface area contributed by atoms with Gasteiger partial charge >= 0.3 is 32.7 Å². The molecule has 118 valence electrons. The van der Waals surface area contributed by atoms with Gasteiger partial charge in [-0.1, -0.05) is 32.6 Å². The fraction of sp³-hybridized carbons (Fsp3) is 0.381. The van der Waals surface area contributed by atoms with Crippen molar-refractivity contribution in [3.63, 3.8) is 0 Å². The number of ether oxygens (including phenoxy) is 1. The maximum absolute atomic E-state index is 5.90. The standard InChI is InChI=1S/C21H25O.Y/c1-5-9-17(4)21-14-19(12-13-20(21)16(2)3)22-15-18-10-7-6-8-11-18;/h5-8,10,12-13,16-17H,9,15H2,1-4H3;/q-3;+3. The van der Waals surface area contributed by atoms with Gasteiger partial charge in [0.05, 0.1) is 6.61 Å². The van der Waals surface area contributed by atoms with Crippen LogP contribution in [0.2, 0.25) is 0 Å². The molecule has 0 aromatic heterocycles. The van der Waals surface area contributed by atoms with Crippen LogP contribution in [0.3, 0.4) is 0 Å². The molecule has 0 N–H and O–H groups in total. The predicted octanol–water partition coefficient (Wildman–Crippen LogP) is 5.70. The Morgan fingerprint density at radius 3 is 2.52 bits per heavy atom. The van der Waals surface area contributed by atoms with E-state index < -0.39 is 0 Å². The molecule has 2 rings (SSSR count). The average Bonchev–Trinajstić information content (AvgIpc) is 2.53. The Labute approximate surface area is 166 Å². The Kier molecular flexibility index (Phi) is 9.09. The van der Waals surface area contributed by atoms with Gasteiger partial charge in [0, 0.05) is 5.75 Å². The van der Waals surface area contributed by atoms with Crippen LogP contribution in [0.1, 0.15) is 62.6 Å². The summed E-state index contributed by atoms with van der Waals surface area (Å²) in [6.07, 6.45) is 3.28. The minimum absolute atomic E-state index is 0. The smallest absolute Gasteiger partial charge is 0.517 e. The van der Waals surface area contributed by atoms with Crippen molar-refractivity contribution in [1.29, 1.82) is 0 Å². The second kappa shape index (κ2) is 10.3. The van der Waals surface area contributed by atoms with Gasteiger partial charge in [-0.2, -0.15) is 55.3 Å². The quantitative estimate of drug-likeness (QED) is 0.558. The molecule has 1 atom stereocenters. The van der Waals surface area contributed by atoms with E-state index in [1.54, 1.807) is 0 Å². The molecule has 0 aliphatic heterocycles. The van der Waals surface area contributed by atoms with Gasteiger partial charge in [0.2, 0.25) is 0 Å². The third-order valence-electron chi connectivity index (χ3n) is 3.84. The van der Waals surface area contributed by atoms with Gasteiger partial charge in [-0.15, -0.1) is 23.3 Å². The van der Waals surface area contributed by atoms with E-state index in [-0.39, 0.29) is 32.7 Å². The van der Waals surface area contributed by atoms with Crippen molar-refractivity contribution in [3.8, 4) is 5.75 Å². The van der Waals surface area contributed by atoms with Gasteiger partial charge in [0.1, 0.15) is 0 Å². The molecule has 0 aliphatic rings. The van der Waals surface area contributed by atoms with Crippen molar-refractivity contribution < 1.29 is 37.4 Å². The zero-order valence-electron chi connectivity index (χ0n) is 14.6. The molecule has 0 heterocycles. The zero-order chi connectivity index (χ0) is 15.9. The molecule has 0 fully saturated rings. The van der Waals surface area contributed by atoms with Crippen molar-refractivity contribution in [3.05, 3.63) is 71.6 Å². The van der Waals surface area contributed by atoms with Crippen molar-refractivity contribution in [1.82, 2.24) is 0 Å². The van der Waals surface area contributed by atoms with E-state index in [2.05, 4.69) is 52.3 Å². The second-order valence-electron chi connectivity index (χ2n) is 6.07. The van der Waals surface area contributed by atoms with E-state index in [4.69, 9.17) is 4.74 Å². The van der Waals surface area contributed by atoms with Crippen LogP contribution in [0.4, 0.5) is 0 Å². The summed E-state index contributed by atoms with van der Waals surface area (Å²) >= 11 is 0. The van der Waals surface area contributed by atoms with Crippen LogP contribution in [0.15, 0.2) is 36.4 Å². The number of rotatable bonds is 7. The molecule has 2 heteroatoms. The molecule has 0 saturated heterocycles. The predicted molar refractivity (Wildman–Crippen MR) is 92.0 cm³/mol. The van der Waals surface area contributed by atoms with Gasteiger partial charge in [0.15, 0.2) is 0 Å². The van der Waals surface area contributed by atoms with E-state index in [1.165, 1.54) is 11.1 Å². The third-order valence-corrected chi connectivity index (χ3v) is 3.84. The Bertz CT molecular complexity index is 578. The topological polar surface area (TPSA) is 9.23 Å². The molecule has 0 bridgehead atoms. The largest absolute Gasteiger partial charge is 3.00 e. The van der Waals surface area contributed by atoms with E-state index >= 15 is 0 Å². The van der Waals surface area contributed by atoms with Gasteiger partial charge in [-0.3, -0.25) is 0 Å². The van der Waals surface area contributed by atoms with E-state index in [9.17, 15) is 0 Å². The molecular weight excluding hydrogens is 357 g/mol. The molecule has 0 spiro atoms. The fourth-order valence-electron chi connectivity index (χ4n) is 2.64. The summed E-state index contributed by atoms with van der Waals surface area (Å²) in [4.78, 5) is 0. The first kappa shape index (κ1) is 20.4. The average molecular weight is 382 g/mol. The van der Waals surface area contributed by atoms with Crippen LogP contribution in [0.25, 0.3) is 0 Å². The SMILES string of the molecule is C[CH-]CC(C)c1[c-]c(OCc2[c-]cccc2)ccc1C(C)C.[Y+3]. The Morgan fingerprint density at radius 2 is 1.91 bits per heavy atom. The first-order chi connectivity index (χ1) is 10.6. The Balaban J connectivity index is 0.00000264. The van der Waals surface area contributed by atoms with Crippen molar-refractivity contribution in [2.45, 2.75) is 52.6 Å². The molecule has 1 nitrogen and oxygen atoms in total. The molecule has 0 radical (unpaired) electrons. The minimum Gasteiger partial charge on any atom is -0.517 e. The van der Waals surface area contributed by atoms with E-state index in [0.717, 1.165) is 17.7 Å². The minimum atomic E-state index is 0. The van der Waals surface area contributed by atoms with Gasteiger partial charge in [0.25, 0.3) is 0 Å². The maximum Gasteiger partial charge on any atom is 3.00 e. The second-order valence-corrected chi connectivity index (χ2v) is 6.07. The summed E-state index contributed by atoms with van der Waals surface area (Å²) in [5.41, 5.74) is 3.70. The molecule has 0 saturated carbocycles. The normalized spacial score (nSPS) is 11.9. The van der Waals surface area contributed by atoms with Crippen LogP contribution >= 0.6 is 0 Å². The first-order valence-corrected chi connectivity index (χ1v) is 8.04. The monoisotopic (exact) mass is 382 g/mol. The third kappa shape index (κ3) is 6.05. The summed E-state index contributed by atoms with van der Waals surface area (Å²) in [5, 5.41) is 0. The summed E-state index contributed by atoms with van der Waals surface area (Å²) in [6.45, 7) is 9.36. The summed E-state index contributed by atoms with van der Waals surface area (Å²) in [5.74, 6) is 1.79. The van der Waals surface area contributed by atoms with Crippen LogP contribution in [0.5, 0.6) is 5.75 Å². The molecular formula is C21H25OY. The Hall–Kier alpha value is -0.656. The van der Waals surface area contributed by atoms with Crippen LogP contribution < -0.4 is 4.74 Å². The van der Waals surface area contributed by atoms with Crippen molar-refractivity contribution in [2.24, 2.45) is 0 Å². The van der Waals surface area contributed by atoms with Gasteiger partial charge < -0.3 is 11.2 Å². The number of hydrogen-bond donors (Lipinski definition) is 0. The van der Waals surface area contributed by atoms with Crippen LogP contribution in [-0.4, -0.2) is 0 Å². The van der Waals surface area contributed by atoms with Gasteiger partial charge in [-0.25, -0.2) is 0 Å². The van der Waals surface area contributed by atoms with Crippen molar-refractivity contribution in [2.75, 3.05) is 0 Å². The van der Waals surface area contributed by atoms with Crippen molar-refractivity contribution >= 4 is 0 Å². The molecule has 0 amide bonds. The zero-order valence-corrected chi connectivity index (χ0v) is 17.4. The number of hydrogen-bond acceptors (Lipinski definition) is 1. The summed E-state index contributed by atoms with van der Waals surface area (Å²) in [6, 6.07) is 18.8.